The SMILES string of the molecule is O=C(O)[C@@H]1[C@H]2C(=O)N(c3ccc(Br)cc3)C[C@]23C=C[C@H]1O3. The number of fused-ring (bicyclic) bond motifs is 1. The minimum Gasteiger partial charge on any atom is -0.481 e. The highest BCUT2D eigenvalue weighted by Crippen LogP contribution is 2.52. The van der Waals surface area contributed by atoms with Gasteiger partial charge < -0.3 is 14.7 Å². The maximum absolute atomic E-state index is 12.7. The van der Waals surface area contributed by atoms with Gasteiger partial charge in [0.05, 0.1) is 18.6 Å². The summed E-state index contributed by atoms with van der Waals surface area (Å²) in [6.07, 6.45) is 3.15. The van der Waals surface area contributed by atoms with Gasteiger partial charge in [0.25, 0.3) is 0 Å². The first-order valence-electron chi connectivity index (χ1n) is 6.69. The number of aliphatic carboxylic acids is 1. The highest BCUT2D eigenvalue weighted by Gasteiger charge is 2.67. The number of ether oxygens (including phenoxy) is 1. The van der Waals surface area contributed by atoms with Gasteiger partial charge in [0.2, 0.25) is 5.91 Å². The largest absolute Gasteiger partial charge is 0.481 e. The van der Waals surface area contributed by atoms with E-state index in [-0.39, 0.29) is 5.91 Å². The summed E-state index contributed by atoms with van der Waals surface area (Å²) in [4.78, 5) is 25.8. The van der Waals surface area contributed by atoms with Gasteiger partial charge in [-0.1, -0.05) is 28.1 Å². The molecular weight excluding hydrogens is 338 g/mol. The van der Waals surface area contributed by atoms with E-state index in [9.17, 15) is 14.7 Å². The molecule has 0 aromatic heterocycles. The van der Waals surface area contributed by atoms with Gasteiger partial charge in [0.1, 0.15) is 11.5 Å². The van der Waals surface area contributed by atoms with E-state index in [1.807, 2.05) is 30.3 Å². The van der Waals surface area contributed by atoms with E-state index < -0.39 is 29.5 Å². The third-order valence-electron chi connectivity index (χ3n) is 4.52. The Kier molecular flexibility index (Phi) is 2.59. The number of benzene rings is 1. The maximum Gasteiger partial charge on any atom is 0.310 e. The average molecular weight is 350 g/mol. The molecule has 2 fully saturated rings. The van der Waals surface area contributed by atoms with Crippen molar-refractivity contribution in [3.8, 4) is 0 Å². The van der Waals surface area contributed by atoms with Crippen LogP contribution in [-0.2, 0) is 14.3 Å². The molecule has 6 heteroatoms. The summed E-state index contributed by atoms with van der Waals surface area (Å²) in [7, 11) is 0. The van der Waals surface area contributed by atoms with Crippen LogP contribution >= 0.6 is 15.9 Å². The van der Waals surface area contributed by atoms with Crippen LogP contribution in [0.3, 0.4) is 0 Å². The Morgan fingerprint density at radius 1 is 1.38 bits per heavy atom. The summed E-state index contributed by atoms with van der Waals surface area (Å²) in [5.41, 5.74) is -0.0192. The van der Waals surface area contributed by atoms with Crippen molar-refractivity contribution in [3.63, 3.8) is 0 Å². The predicted octanol–water partition coefficient (Wildman–Crippen LogP) is 1.82. The highest BCUT2D eigenvalue weighted by molar-refractivity contribution is 9.10. The summed E-state index contributed by atoms with van der Waals surface area (Å²) >= 11 is 3.36. The number of hydrogen-bond acceptors (Lipinski definition) is 3. The van der Waals surface area contributed by atoms with Crippen LogP contribution in [0.25, 0.3) is 0 Å². The molecule has 3 aliphatic heterocycles. The zero-order chi connectivity index (χ0) is 14.8. The lowest BCUT2D eigenvalue weighted by atomic mass is 9.77. The second-order valence-electron chi connectivity index (χ2n) is 5.64. The fraction of sp³-hybridized carbons (Fsp3) is 0.333. The fourth-order valence-electron chi connectivity index (χ4n) is 3.62. The number of carboxylic acid groups (broad SMARTS) is 1. The number of carbonyl (C=O) groups excluding carboxylic acids is 1. The van der Waals surface area contributed by atoms with E-state index in [4.69, 9.17) is 4.74 Å². The molecule has 1 amide bonds. The van der Waals surface area contributed by atoms with Crippen LogP contribution in [0.15, 0.2) is 40.9 Å². The second-order valence-corrected chi connectivity index (χ2v) is 6.55. The number of nitrogens with zero attached hydrogens (tertiary/aromatic N) is 1. The van der Waals surface area contributed by atoms with Crippen molar-refractivity contribution in [1.82, 2.24) is 0 Å². The Bertz CT molecular complexity index is 671. The summed E-state index contributed by atoms with van der Waals surface area (Å²) in [5, 5.41) is 9.40. The summed E-state index contributed by atoms with van der Waals surface area (Å²) in [6, 6.07) is 7.39. The van der Waals surface area contributed by atoms with Crippen molar-refractivity contribution in [2.75, 3.05) is 11.4 Å². The van der Waals surface area contributed by atoms with Crippen LogP contribution in [0.4, 0.5) is 5.69 Å². The Hall–Kier alpha value is -1.66. The number of rotatable bonds is 2. The first-order chi connectivity index (χ1) is 10.0. The first-order valence-corrected chi connectivity index (χ1v) is 7.48. The summed E-state index contributed by atoms with van der Waals surface area (Å²) in [5.74, 6) is -2.56. The minimum absolute atomic E-state index is 0.170. The van der Waals surface area contributed by atoms with E-state index in [0.29, 0.717) is 6.54 Å². The molecule has 1 N–H and O–H groups in total. The average Bonchev–Trinajstić information content (AvgIpc) is 3.08. The Morgan fingerprint density at radius 3 is 2.76 bits per heavy atom. The second kappa shape index (κ2) is 4.18. The van der Waals surface area contributed by atoms with Crippen LogP contribution in [0.1, 0.15) is 0 Å². The molecule has 4 rings (SSSR count). The van der Waals surface area contributed by atoms with Gasteiger partial charge in [-0.25, -0.2) is 0 Å². The standard InChI is InChI=1S/C15H12BrNO4/c16-8-1-3-9(4-2-8)17-7-15-6-5-10(21-15)11(14(19)20)12(15)13(17)18/h1-6,10-12H,7H2,(H,19,20)/t10-,11+,12+,15-/m1/s1. The minimum atomic E-state index is -0.970. The van der Waals surface area contributed by atoms with Crippen LogP contribution in [0.2, 0.25) is 0 Å². The topological polar surface area (TPSA) is 66.8 Å². The third kappa shape index (κ3) is 1.66. The zero-order valence-corrected chi connectivity index (χ0v) is 12.5. The van der Waals surface area contributed by atoms with Crippen LogP contribution in [0.5, 0.6) is 0 Å². The maximum atomic E-state index is 12.7. The Labute approximate surface area is 129 Å². The van der Waals surface area contributed by atoms with Gasteiger partial charge in [-0.15, -0.1) is 0 Å². The van der Waals surface area contributed by atoms with Crippen molar-refractivity contribution < 1.29 is 19.4 Å². The van der Waals surface area contributed by atoms with E-state index in [1.54, 1.807) is 11.0 Å². The molecule has 1 aromatic rings. The number of halogens is 1. The van der Waals surface area contributed by atoms with E-state index in [1.165, 1.54) is 0 Å². The Balaban J connectivity index is 1.73. The highest BCUT2D eigenvalue weighted by atomic mass is 79.9. The van der Waals surface area contributed by atoms with Gasteiger partial charge >= 0.3 is 5.97 Å². The van der Waals surface area contributed by atoms with Crippen molar-refractivity contribution >= 4 is 33.5 Å². The zero-order valence-electron chi connectivity index (χ0n) is 10.9. The van der Waals surface area contributed by atoms with Crippen molar-refractivity contribution in [2.45, 2.75) is 11.7 Å². The molecule has 0 radical (unpaired) electrons. The molecule has 2 bridgehead atoms. The van der Waals surface area contributed by atoms with Crippen LogP contribution < -0.4 is 4.90 Å². The van der Waals surface area contributed by atoms with Crippen molar-refractivity contribution in [1.29, 1.82) is 0 Å². The molecule has 0 saturated carbocycles. The quantitative estimate of drug-likeness (QED) is 0.827. The lowest BCUT2D eigenvalue weighted by molar-refractivity contribution is -0.146. The molecule has 1 aromatic carbocycles. The first kappa shape index (κ1) is 13.0. The molecule has 0 unspecified atom stereocenters. The third-order valence-corrected chi connectivity index (χ3v) is 5.05. The van der Waals surface area contributed by atoms with Crippen molar-refractivity contribution in [3.05, 3.63) is 40.9 Å². The van der Waals surface area contributed by atoms with Crippen molar-refractivity contribution in [2.24, 2.45) is 11.8 Å². The molecule has 0 aliphatic carbocycles. The molecular formula is C15H12BrNO4. The fourth-order valence-corrected chi connectivity index (χ4v) is 3.88. The number of amides is 1. The molecule has 3 heterocycles. The monoisotopic (exact) mass is 349 g/mol. The smallest absolute Gasteiger partial charge is 0.310 e. The number of hydrogen-bond donors (Lipinski definition) is 1. The summed E-state index contributed by atoms with van der Waals surface area (Å²) < 4.78 is 6.77. The predicted molar refractivity (Wildman–Crippen MR) is 77.9 cm³/mol. The normalized spacial score (nSPS) is 36.3. The van der Waals surface area contributed by atoms with Gasteiger partial charge in [-0.2, -0.15) is 0 Å². The number of anilines is 1. The molecule has 3 aliphatic rings. The van der Waals surface area contributed by atoms with Gasteiger partial charge in [0, 0.05) is 10.2 Å². The molecule has 5 nitrogen and oxygen atoms in total. The summed E-state index contributed by atoms with van der Waals surface area (Å²) in [6.45, 7) is 0.370. The molecule has 4 atom stereocenters. The number of carboxylic acids is 1. The molecule has 1 spiro atoms. The lowest BCUT2D eigenvalue weighted by Gasteiger charge is -2.21. The number of carbonyl (C=O) groups is 2. The Morgan fingerprint density at radius 2 is 2.10 bits per heavy atom. The molecule has 2 saturated heterocycles. The molecule has 21 heavy (non-hydrogen) atoms. The van der Waals surface area contributed by atoms with Gasteiger partial charge in [-0.05, 0) is 24.3 Å². The lowest BCUT2D eigenvalue weighted by Crippen LogP contribution is -2.39. The van der Waals surface area contributed by atoms with E-state index in [2.05, 4.69) is 15.9 Å². The molecule has 108 valence electrons. The van der Waals surface area contributed by atoms with Crippen LogP contribution in [0, 0.1) is 11.8 Å². The van der Waals surface area contributed by atoms with Gasteiger partial charge in [0.15, 0.2) is 0 Å². The van der Waals surface area contributed by atoms with Gasteiger partial charge in [-0.3, -0.25) is 9.59 Å². The van der Waals surface area contributed by atoms with E-state index >= 15 is 0 Å². The van der Waals surface area contributed by atoms with Crippen LogP contribution in [-0.4, -0.2) is 35.2 Å². The van der Waals surface area contributed by atoms with E-state index in [0.717, 1.165) is 10.2 Å².